The van der Waals surface area contributed by atoms with Gasteiger partial charge in [0.2, 0.25) is 0 Å². The van der Waals surface area contributed by atoms with Crippen LogP contribution in [0.25, 0.3) is 10.9 Å². The molecule has 0 amide bonds. The average Bonchev–Trinajstić information content (AvgIpc) is 2.72. The quantitative estimate of drug-likeness (QED) is 0.501. The number of nitrogens with zero attached hydrogens (tertiary/aromatic N) is 1. The Morgan fingerprint density at radius 1 is 1.04 bits per heavy atom. The lowest BCUT2D eigenvalue weighted by Gasteiger charge is -2.20. The Morgan fingerprint density at radius 3 is 2.68 bits per heavy atom. The number of anilines is 1. The summed E-state index contributed by atoms with van der Waals surface area (Å²) in [4.78, 5) is 7.56. The van der Waals surface area contributed by atoms with Crippen LogP contribution in [0.3, 0.4) is 0 Å². The third-order valence-electron chi connectivity index (χ3n) is 4.91. The van der Waals surface area contributed by atoms with Gasteiger partial charge < -0.3 is 5.11 Å². The number of halogens is 1. The second-order valence-corrected chi connectivity index (χ2v) is 7.32. The number of hydrogen-bond acceptors (Lipinski definition) is 3. The van der Waals surface area contributed by atoms with Gasteiger partial charge in [-0.25, -0.2) is 4.98 Å². The highest BCUT2D eigenvalue weighted by molar-refractivity contribution is 6.35. The van der Waals surface area contributed by atoms with Crippen LogP contribution < -0.4 is 10.3 Å². The van der Waals surface area contributed by atoms with Gasteiger partial charge in [0.1, 0.15) is 17.3 Å². The molecule has 4 aromatic rings. The van der Waals surface area contributed by atoms with Gasteiger partial charge in [-0.1, -0.05) is 41.4 Å². The lowest BCUT2D eigenvalue weighted by atomic mass is 9.92. The lowest BCUT2D eigenvalue weighted by Crippen LogP contribution is -2.20. The minimum atomic E-state index is -0.303. The van der Waals surface area contributed by atoms with Crippen molar-refractivity contribution in [3.8, 4) is 5.75 Å². The van der Waals surface area contributed by atoms with Gasteiger partial charge in [0, 0.05) is 28.8 Å². The first kappa shape index (κ1) is 18.3. The van der Waals surface area contributed by atoms with Crippen molar-refractivity contribution in [3.63, 3.8) is 0 Å². The minimum absolute atomic E-state index is 0.134. The van der Waals surface area contributed by atoms with Crippen LogP contribution in [0.1, 0.15) is 28.3 Å². The van der Waals surface area contributed by atoms with Gasteiger partial charge in [0.15, 0.2) is 0 Å². The molecule has 0 aliphatic rings. The average molecular weight is 391 g/mol. The Bertz CT molecular complexity index is 1150. The normalized spacial score (nSPS) is 12.1. The Balaban J connectivity index is 1.94. The van der Waals surface area contributed by atoms with Gasteiger partial charge in [-0.15, -0.1) is 0 Å². The monoisotopic (exact) mass is 390 g/mol. The fourth-order valence-corrected chi connectivity index (χ4v) is 3.73. The van der Waals surface area contributed by atoms with Crippen LogP contribution in [0.4, 0.5) is 5.82 Å². The maximum atomic E-state index is 11.1. The van der Waals surface area contributed by atoms with E-state index in [9.17, 15) is 5.11 Å². The van der Waals surface area contributed by atoms with Crippen LogP contribution in [0.15, 0.2) is 67.0 Å². The van der Waals surface area contributed by atoms with E-state index in [-0.39, 0.29) is 11.8 Å². The number of nitrogens with one attached hydrogen (secondary N) is 2. The summed E-state index contributed by atoms with van der Waals surface area (Å²) in [5.41, 5.74) is 4.52. The van der Waals surface area contributed by atoms with Crippen molar-refractivity contribution in [1.82, 2.24) is 4.98 Å². The zero-order valence-corrected chi connectivity index (χ0v) is 16.5. The highest BCUT2D eigenvalue weighted by atomic mass is 35.5. The largest absolute Gasteiger partial charge is 0.505 e. The van der Waals surface area contributed by atoms with Crippen LogP contribution >= 0.6 is 11.6 Å². The van der Waals surface area contributed by atoms with Crippen molar-refractivity contribution in [1.29, 1.82) is 0 Å². The van der Waals surface area contributed by atoms with E-state index in [1.54, 1.807) is 6.20 Å². The highest BCUT2D eigenvalue weighted by Gasteiger charge is 2.26. The van der Waals surface area contributed by atoms with Crippen molar-refractivity contribution < 1.29 is 10.1 Å². The van der Waals surface area contributed by atoms with Crippen molar-refractivity contribution in [3.05, 3.63) is 94.3 Å². The number of benzene rings is 2. The number of pyridine rings is 2. The SMILES string of the molecule is Cc1ccc(C)c([C@H](Nc2cccc[nH+]2)c2cc(Cl)c3cccnc3c2O)c1. The summed E-state index contributed by atoms with van der Waals surface area (Å²) >= 11 is 6.55. The molecule has 0 radical (unpaired) electrons. The zero-order valence-electron chi connectivity index (χ0n) is 15.7. The van der Waals surface area contributed by atoms with Crippen LogP contribution in [0.2, 0.25) is 5.02 Å². The summed E-state index contributed by atoms with van der Waals surface area (Å²) in [6.07, 6.45) is 3.52. The number of H-pyrrole nitrogens is 1. The molecule has 2 aromatic heterocycles. The van der Waals surface area contributed by atoms with Gasteiger partial charge in [-0.05, 0) is 43.7 Å². The molecule has 0 aliphatic carbocycles. The maximum absolute atomic E-state index is 11.1. The summed E-state index contributed by atoms with van der Waals surface area (Å²) in [5.74, 6) is 0.972. The zero-order chi connectivity index (χ0) is 19.7. The summed E-state index contributed by atoms with van der Waals surface area (Å²) in [6, 6.07) is 17.3. The number of aromatic hydroxyl groups is 1. The Kier molecular flexibility index (Phi) is 4.88. The number of aromatic nitrogens is 2. The number of aromatic amines is 1. The standard InChI is InChI=1S/C23H20ClN3O/c1-14-8-9-15(2)17(12-14)21(27-20-7-3-4-10-25-20)18-13-19(24)16-6-5-11-26-22(16)23(18)28/h3-13,21,28H,1-2H3,(H,25,27)/p+1/t21-/m0/s1. The van der Waals surface area contributed by atoms with Crippen LogP contribution in [-0.4, -0.2) is 10.1 Å². The molecule has 0 saturated heterocycles. The van der Waals surface area contributed by atoms with E-state index in [4.69, 9.17) is 11.6 Å². The highest BCUT2D eigenvalue weighted by Crippen LogP contribution is 2.40. The molecule has 0 bridgehead atoms. The van der Waals surface area contributed by atoms with Gasteiger partial charge in [0.05, 0.1) is 11.2 Å². The summed E-state index contributed by atoms with van der Waals surface area (Å²) in [7, 11) is 0. The number of aryl methyl sites for hydroxylation is 2. The Hall–Kier alpha value is -3.11. The van der Waals surface area contributed by atoms with Crippen molar-refractivity contribution in [2.24, 2.45) is 0 Å². The first-order valence-electron chi connectivity index (χ1n) is 9.11. The van der Waals surface area contributed by atoms with E-state index in [2.05, 4.69) is 47.3 Å². The Morgan fingerprint density at radius 2 is 1.89 bits per heavy atom. The number of rotatable bonds is 4. The van der Waals surface area contributed by atoms with Gasteiger partial charge in [-0.2, -0.15) is 0 Å². The third-order valence-corrected chi connectivity index (χ3v) is 5.22. The molecular weight excluding hydrogens is 370 g/mol. The molecule has 0 unspecified atom stereocenters. The van der Waals surface area contributed by atoms with Gasteiger partial charge in [-0.3, -0.25) is 10.3 Å². The molecule has 140 valence electrons. The van der Waals surface area contributed by atoms with Crippen LogP contribution in [0, 0.1) is 13.8 Å². The van der Waals surface area contributed by atoms with E-state index in [0.717, 1.165) is 27.9 Å². The van der Waals surface area contributed by atoms with Crippen molar-refractivity contribution in [2.45, 2.75) is 19.9 Å². The number of hydrogen-bond donors (Lipinski definition) is 2. The summed E-state index contributed by atoms with van der Waals surface area (Å²) in [6.45, 7) is 4.12. The second kappa shape index (κ2) is 7.49. The molecule has 28 heavy (non-hydrogen) atoms. The van der Waals surface area contributed by atoms with Gasteiger partial charge in [0.25, 0.3) is 5.82 Å². The molecule has 0 spiro atoms. The minimum Gasteiger partial charge on any atom is -0.505 e. The third kappa shape index (κ3) is 3.39. The van der Waals surface area contributed by atoms with Crippen LogP contribution in [0.5, 0.6) is 5.75 Å². The van der Waals surface area contributed by atoms with Crippen molar-refractivity contribution in [2.75, 3.05) is 5.32 Å². The molecule has 4 nitrogen and oxygen atoms in total. The number of fused-ring (bicyclic) bond motifs is 1. The molecule has 0 fully saturated rings. The van der Waals surface area contributed by atoms with E-state index in [1.807, 2.05) is 42.6 Å². The Labute approximate surface area is 168 Å². The predicted molar refractivity (Wildman–Crippen MR) is 113 cm³/mol. The first-order valence-corrected chi connectivity index (χ1v) is 9.49. The first-order chi connectivity index (χ1) is 13.5. The molecule has 2 aromatic carbocycles. The van der Waals surface area contributed by atoms with Crippen LogP contribution in [-0.2, 0) is 0 Å². The molecular formula is C23H21ClN3O+. The molecule has 0 aliphatic heterocycles. The second-order valence-electron chi connectivity index (χ2n) is 6.91. The van der Waals surface area contributed by atoms with Crippen molar-refractivity contribution >= 4 is 28.3 Å². The van der Waals surface area contributed by atoms with E-state index in [0.29, 0.717) is 16.1 Å². The molecule has 0 saturated carbocycles. The molecule has 4 rings (SSSR count). The molecule has 2 heterocycles. The molecule has 5 heteroatoms. The topological polar surface area (TPSA) is 59.3 Å². The van der Waals surface area contributed by atoms with E-state index < -0.39 is 0 Å². The molecule has 1 atom stereocenters. The van der Waals surface area contributed by atoms with E-state index >= 15 is 0 Å². The van der Waals surface area contributed by atoms with Gasteiger partial charge >= 0.3 is 0 Å². The maximum Gasteiger partial charge on any atom is 0.272 e. The lowest BCUT2D eigenvalue weighted by molar-refractivity contribution is -0.361. The number of phenolic OH excluding ortho intramolecular Hbond substituents is 1. The van der Waals surface area contributed by atoms with E-state index in [1.165, 1.54) is 0 Å². The number of phenols is 1. The molecule has 3 N–H and O–H groups in total. The summed E-state index contributed by atoms with van der Waals surface area (Å²) in [5, 5.41) is 15.9. The summed E-state index contributed by atoms with van der Waals surface area (Å²) < 4.78 is 0. The smallest absolute Gasteiger partial charge is 0.272 e. The predicted octanol–water partition coefficient (Wildman–Crippen LogP) is 5.23. The fourth-order valence-electron chi connectivity index (χ4n) is 3.46. The fraction of sp³-hybridized carbons (Fsp3) is 0.130.